The third-order valence-corrected chi connectivity index (χ3v) is 4.27. The first kappa shape index (κ1) is 14.3. The van der Waals surface area contributed by atoms with Crippen LogP contribution >= 0.6 is 0 Å². The molecular formula is C15H22O4. The van der Waals surface area contributed by atoms with Crippen molar-refractivity contribution in [2.24, 2.45) is 11.8 Å². The molecule has 0 radical (unpaired) electrons. The number of esters is 1. The summed E-state index contributed by atoms with van der Waals surface area (Å²) in [5.74, 6) is -0.157. The maximum atomic E-state index is 11.7. The average Bonchev–Trinajstić information content (AvgIpc) is 2.65. The molecule has 4 atom stereocenters. The van der Waals surface area contributed by atoms with Crippen LogP contribution in [0.5, 0.6) is 0 Å². The molecule has 0 aromatic carbocycles. The van der Waals surface area contributed by atoms with Crippen molar-refractivity contribution >= 4 is 5.97 Å². The molecule has 1 fully saturated rings. The summed E-state index contributed by atoms with van der Waals surface area (Å²) >= 11 is 0. The van der Waals surface area contributed by atoms with Crippen LogP contribution in [0.2, 0.25) is 0 Å². The highest BCUT2D eigenvalue weighted by atomic mass is 16.6. The van der Waals surface area contributed by atoms with E-state index in [0.29, 0.717) is 6.42 Å². The van der Waals surface area contributed by atoms with E-state index in [4.69, 9.17) is 4.74 Å². The number of carbonyl (C=O) groups is 1. The summed E-state index contributed by atoms with van der Waals surface area (Å²) < 4.78 is 5.39. The van der Waals surface area contributed by atoms with Crippen LogP contribution in [0.15, 0.2) is 23.3 Å². The number of aliphatic hydroxyl groups is 2. The predicted molar refractivity (Wildman–Crippen MR) is 71.3 cm³/mol. The predicted octanol–water partition coefficient (Wildman–Crippen LogP) is 1.57. The average molecular weight is 266 g/mol. The van der Waals surface area contributed by atoms with E-state index in [1.807, 2.05) is 26.0 Å². The molecule has 1 saturated heterocycles. The maximum absolute atomic E-state index is 11.7. The van der Waals surface area contributed by atoms with Gasteiger partial charge in [-0.25, -0.2) is 0 Å². The summed E-state index contributed by atoms with van der Waals surface area (Å²) in [6.45, 7) is 3.75. The first-order valence-electron chi connectivity index (χ1n) is 6.88. The summed E-state index contributed by atoms with van der Waals surface area (Å²) in [6, 6.07) is 0. The van der Waals surface area contributed by atoms with Crippen molar-refractivity contribution in [3.8, 4) is 0 Å². The minimum Gasteiger partial charge on any atom is -0.458 e. The van der Waals surface area contributed by atoms with Crippen LogP contribution < -0.4 is 0 Å². The molecule has 0 amide bonds. The zero-order valence-corrected chi connectivity index (χ0v) is 11.5. The quantitative estimate of drug-likeness (QED) is 0.558. The fourth-order valence-corrected chi connectivity index (χ4v) is 2.79. The Hall–Kier alpha value is -1.13. The Morgan fingerprint density at radius 3 is 2.89 bits per heavy atom. The van der Waals surface area contributed by atoms with Gasteiger partial charge in [0.1, 0.15) is 6.10 Å². The highest BCUT2D eigenvalue weighted by molar-refractivity contribution is 5.75. The molecule has 2 aliphatic rings. The largest absolute Gasteiger partial charge is 0.458 e. The van der Waals surface area contributed by atoms with Crippen molar-refractivity contribution in [2.75, 3.05) is 6.61 Å². The van der Waals surface area contributed by atoms with E-state index in [-0.39, 0.29) is 30.5 Å². The molecule has 0 aromatic heterocycles. The van der Waals surface area contributed by atoms with E-state index in [9.17, 15) is 15.0 Å². The van der Waals surface area contributed by atoms with Crippen LogP contribution in [0, 0.1) is 11.8 Å². The van der Waals surface area contributed by atoms with E-state index >= 15 is 0 Å². The van der Waals surface area contributed by atoms with Gasteiger partial charge >= 0.3 is 5.97 Å². The van der Waals surface area contributed by atoms with E-state index < -0.39 is 6.10 Å². The Labute approximate surface area is 113 Å². The van der Waals surface area contributed by atoms with Crippen LogP contribution in [-0.4, -0.2) is 35.0 Å². The molecule has 4 nitrogen and oxygen atoms in total. The lowest BCUT2D eigenvalue weighted by Gasteiger charge is -2.21. The molecular weight excluding hydrogens is 244 g/mol. The van der Waals surface area contributed by atoms with Crippen LogP contribution in [0.25, 0.3) is 0 Å². The summed E-state index contributed by atoms with van der Waals surface area (Å²) in [5, 5.41) is 19.3. The summed E-state index contributed by atoms with van der Waals surface area (Å²) in [7, 11) is 0. The SMILES string of the molecule is C/C1=C/C2OC(=O)C(C)C2CC/C(CO)=C\CC1O. The van der Waals surface area contributed by atoms with Gasteiger partial charge in [-0.15, -0.1) is 0 Å². The molecule has 1 aliphatic heterocycles. The third kappa shape index (κ3) is 3.07. The molecule has 0 saturated carbocycles. The molecule has 0 bridgehead atoms. The first-order chi connectivity index (χ1) is 9.02. The Kier molecular flexibility index (Phi) is 4.42. The monoisotopic (exact) mass is 266 g/mol. The van der Waals surface area contributed by atoms with Gasteiger partial charge in [0.05, 0.1) is 18.6 Å². The lowest BCUT2D eigenvalue weighted by Crippen LogP contribution is -2.21. The van der Waals surface area contributed by atoms with Crippen LogP contribution in [0.4, 0.5) is 0 Å². The van der Waals surface area contributed by atoms with E-state index in [0.717, 1.165) is 24.0 Å². The van der Waals surface area contributed by atoms with Crippen LogP contribution in [-0.2, 0) is 9.53 Å². The Morgan fingerprint density at radius 2 is 2.21 bits per heavy atom. The second-order valence-corrected chi connectivity index (χ2v) is 5.58. The zero-order valence-electron chi connectivity index (χ0n) is 11.5. The Balaban J connectivity index is 2.26. The van der Waals surface area contributed by atoms with Crippen molar-refractivity contribution in [2.45, 2.75) is 45.3 Å². The standard InChI is InChI=1S/C15H22O4/c1-9-7-14-12(10(2)15(18)19-14)5-3-11(8-16)4-6-13(9)17/h4,7,10,12-14,16-17H,3,5-6,8H2,1-2H3/b9-7-,11-4+. The second kappa shape index (κ2) is 5.88. The Bertz CT molecular complexity index is 410. The number of carbonyl (C=O) groups excluding carboxylic acids is 1. The van der Waals surface area contributed by atoms with Crippen molar-refractivity contribution in [3.05, 3.63) is 23.3 Å². The molecule has 0 aromatic rings. The maximum Gasteiger partial charge on any atom is 0.309 e. The number of hydrogen-bond acceptors (Lipinski definition) is 4. The number of rotatable bonds is 1. The van der Waals surface area contributed by atoms with Gasteiger partial charge in [0.15, 0.2) is 0 Å². The fraction of sp³-hybridized carbons (Fsp3) is 0.667. The molecule has 0 spiro atoms. The Morgan fingerprint density at radius 1 is 1.47 bits per heavy atom. The number of aliphatic hydroxyl groups excluding tert-OH is 2. The number of hydrogen-bond donors (Lipinski definition) is 2. The lowest BCUT2D eigenvalue weighted by molar-refractivity contribution is -0.142. The highest BCUT2D eigenvalue weighted by Gasteiger charge is 2.40. The van der Waals surface area contributed by atoms with Crippen molar-refractivity contribution in [3.63, 3.8) is 0 Å². The molecule has 19 heavy (non-hydrogen) atoms. The van der Waals surface area contributed by atoms with Gasteiger partial charge in [-0.2, -0.15) is 0 Å². The van der Waals surface area contributed by atoms with Crippen LogP contribution in [0.1, 0.15) is 33.1 Å². The van der Waals surface area contributed by atoms with Crippen molar-refractivity contribution in [1.29, 1.82) is 0 Å². The summed E-state index contributed by atoms with van der Waals surface area (Å²) in [4.78, 5) is 11.7. The van der Waals surface area contributed by atoms with Crippen molar-refractivity contribution in [1.82, 2.24) is 0 Å². The number of fused-ring (bicyclic) bond motifs is 1. The molecule has 4 unspecified atom stereocenters. The van der Waals surface area contributed by atoms with Gasteiger partial charge in [-0.3, -0.25) is 4.79 Å². The second-order valence-electron chi connectivity index (χ2n) is 5.58. The molecule has 106 valence electrons. The minimum atomic E-state index is -0.574. The molecule has 4 heteroatoms. The zero-order chi connectivity index (χ0) is 14.0. The minimum absolute atomic E-state index is 0.00997. The normalized spacial score (nSPS) is 41.6. The number of ether oxygens (including phenoxy) is 1. The fourth-order valence-electron chi connectivity index (χ4n) is 2.79. The van der Waals surface area contributed by atoms with Gasteiger partial charge in [0, 0.05) is 5.92 Å². The first-order valence-corrected chi connectivity index (χ1v) is 6.88. The van der Waals surface area contributed by atoms with E-state index in [2.05, 4.69) is 0 Å². The van der Waals surface area contributed by atoms with E-state index in [1.54, 1.807) is 0 Å². The van der Waals surface area contributed by atoms with Gasteiger partial charge in [0.25, 0.3) is 0 Å². The molecule has 2 N–H and O–H groups in total. The van der Waals surface area contributed by atoms with E-state index in [1.165, 1.54) is 0 Å². The molecule has 1 heterocycles. The van der Waals surface area contributed by atoms with Gasteiger partial charge in [-0.05, 0) is 43.4 Å². The molecule has 2 rings (SSSR count). The topological polar surface area (TPSA) is 66.8 Å². The third-order valence-electron chi connectivity index (χ3n) is 4.27. The van der Waals surface area contributed by atoms with Gasteiger partial charge < -0.3 is 14.9 Å². The summed E-state index contributed by atoms with van der Waals surface area (Å²) in [6.07, 6.45) is 5.05. The van der Waals surface area contributed by atoms with Gasteiger partial charge in [0.2, 0.25) is 0 Å². The van der Waals surface area contributed by atoms with Crippen molar-refractivity contribution < 1.29 is 19.7 Å². The highest BCUT2D eigenvalue weighted by Crippen LogP contribution is 2.35. The summed E-state index contributed by atoms with van der Waals surface area (Å²) in [5.41, 5.74) is 1.76. The van der Waals surface area contributed by atoms with Crippen LogP contribution in [0.3, 0.4) is 0 Å². The molecule has 1 aliphatic carbocycles. The van der Waals surface area contributed by atoms with Gasteiger partial charge in [-0.1, -0.05) is 13.0 Å². The smallest absolute Gasteiger partial charge is 0.309 e. The lowest BCUT2D eigenvalue weighted by atomic mass is 9.84.